The first-order chi connectivity index (χ1) is 12.0. The van der Waals surface area contributed by atoms with E-state index in [1.54, 1.807) is 10.9 Å². The Morgan fingerprint density at radius 3 is 2.56 bits per heavy atom. The number of pyridine rings is 1. The fourth-order valence-electron chi connectivity index (χ4n) is 3.53. The van der Waals surface area contributed by atoms with Crippen LogP contribution in [0.3, 0.4) is 0 Å². The van der Waals surface area contributed by atoms with Crippen molar-refractivity contribution in [2.45, 2.75) is 40.0 Å². The van der Waals surface area contributed by atoms with Crippen molar-refractivity contribution in [1.29, 1.82) is 0 Å². The number of carbonyl (C=O) groups excluding carboxylic acids is 1. The average molecular weight is 414 g/mol. The van der Waals surface area contributed by atoms with Gasteiger partial charge in [-0.2, -0.15) is 5.10 Å². The number of nitrogens with zero attached hydrogens (tertiary/aromatic N) is 3. The molecule has 27 heavy (non-hydrogen) atoms. The Bertz CT molecular complexity index is 726. The number of aryl methyl sites for hydroxylation is 2. The summed E-state index contributed by atoms with van der Waals surface area (Å²) in [4.78, 5) is 16.7. The van der Waals surface area contributed by atoms with E-state index in [0.717, 1.165) is 48.8 Å². The molecule has 0 aliphatic carbocycles. The fraction of sp³-hybridized carbons (Fsp3) is 0.526. The minimum atomic E-state index is 0. The topological polar surface area (TPSA) is 71.8 Å². The number of anilines is 1. The predicted molar refractivity (Wildman–Crippen MR) is 113 cm³/mol. The SMILES string of the molecule is Cc1cc(C)n(-c2ccc(NC(=O)CC(C)C3CCNCC3)cn2)n1.Cl.Cl. The van der Waals surface area contributed by atoms with Crippen LogP contribution in [-0.2, 0) is 4.79 Å². The Balaban J connectivity index is 0.00000182. The van der Waals surface area contributed by atoms with Gasteiger partial charge < -0.3 is 10.6 Å². The molecule has 3 heterocycles. The Morgan fingerprint density at radius 1 is 1.30 bits per heavy atom. The molecule has 6 nitrogen and oxygen atoms in total. The molecule has 1 atom stereocenters. The number of amides is 1. The standard InChI is InChI=1S/C19H27N5O.2ClH/c1-13(16-6-8-20-9-7-16)10-19(25)22-17-4-5-18(21-12-17)24-15(3)11-14(2)23-24;;/h4-5,11-13,16,20H,6-10H2,1-3H3,(H,22,25);2*1H. The van der Waals surface area contributed by atoms with Gasteiger partial charge in [0.2, 0.25) is 5.91 Å². The molecule has 0 saturated carbocycles. The summed E-state index contributed by atoms with van der Waals surface area (Å²) in [5, 5.41) is 10.8. The normalized spacial score (nSPS) is 15.4. The molecule has 8 heteroatoms. The van der Waals surface area contributed by atoms with E-state index in [0.29, 0.717) is 18.3 Å². The summed E-state index contributed by atoms with van der Waals surface area (Å²) in [5.41, 5.74) is 2.73. The van der Waals surface area contributed by atoms with Crippen LogP contribution in [0, 0.1) is 25.7 Å². The molecule has 1 aliphatic rings. The van der Waals surface area contributed by atoms with Gasteiger partial charge in [0.25, 0.3) is 0 Å². The molecular formula is C19H29Cl2N5O. The summed E-state index contributed by atoms with van der Waals surface area (Å²) in [6.45, 7) is 8.27. The Morgan fingerprint density at radius 2 is 2.00 bits per heavy atom. The van der Waals surface area contributed by atoms with Gasteiger partial charge in [-0.15, -0.1) is 24.8 Å². The highest BCUT2D eigenvalue weighted by Gasteiger charge is 2.22. The van der Waals surface area contributed by atoms with E-state index in [1.807, 2.05) is 32.0 Å². The van der Waals surface area contributed by atoms with Crippen LogP contribution in [0.5, 0.6) is 0 Å². The summed E-state index contributed by atoms with van der Waals surface area (Å²) in [7, 11) is 0. The van der Waals surface area contributed by atoms with Crippen LogP contribution in [0.4, 0.5) is 5.69 Å². The van der Waals surface area contributed by atoms with E-state index in [-0.39, 0.29) is 30.7 Å². The molecule has 0 bridgehead atoms. The van der Waals surface area contributed by atoms with Gasteiger partial charge in [0.1, 0.15) is 0 Å². The maximum absolute atomic E-state index is 12.3. The van der Waals surface area contributed by atoms with Crippen LogP contribution < -0.4 is 10.6 Å². The first-order valence-electron chi connectivity index (χ1n) is 9.03. The summed E-state index contributed by atoms with van der Waals surface area (Å²) < 4.78 is 1.81. The van der Waals surface area contributed by atoms with Gasteiger partial charge in [0.05, 0.1) is 17.6 Å². The number of hydrogen-bond donors (Lipinski definition) is 2. The van der Waals surface area contributed by atoms with Crippen molar-refractivity contribution in [3.05, 3.63) is 35.8 Å². The van der Waals surface area contributed by atoms with Crippen molar-refractivity contribution < 1.29 is 4.79 Å². The lowest BCUT2D eigenvalue weighted by Gasteiger charge is -2.27. The van der Waals surface area contributed by atoms with Gasteiger partial charge in [-0.25, -0.2) is 9.67 Å². The molecule has 1 amide bonds. The molecule has 1 aliphatic heterocycles. The van der Waals surface area contributed by atoms with E-state index in [1.165, 1.54) is 0 Å². The highest BCUT2D eigenvalue weighted by Crippen LogP contribution is 2.24. The Kier molecular flexibility index (Phi) is 9.22. The summed E-state index contributed by atoms with van der Waals surface area (Å²) in [5.74, 6) is 1.86. The van der Waals surface area contributed by atoms with Crippen molar-refractivity contribution in [3.63, 3.8) is 0 Å². The number of aromatic nitrogens is 3. The number of halogens is 2. The van der Waals surface area contributed by atoms with E-state index < -0.39 is 0 Å². The Hall–Kier alpha value is -1.63. The van der Waals surface area contributed by atoms with Gasteiger partial charge in [0.15, 0.2) is 5.82 Å². The van der Waals surface area contributed by atoms with Crippen molar-refractivity contribution in [2.24, 2.45) is 11.8 Å². The molecule has 0 spiro atoms. The third-order valence-corrected chi connectivity index (χ3v) is 4.95. The smallest absolute Gasteiger partial charge is 0.224 e. The molecule has 3 rings (SSSR count). The molecule has 0 aromatic carbocycles. The maximum Gasteiger partial charge on any atom is 0.224 e. The number of piperidine rings is 1. The largest absolute Gasteiger partial charge is 0.325 e. The second-order valence-electron chi connectivity index (χ2n) is 7.06. The minimum absolute atomic E-state index is 0. The molecule has 2 aromatic rings. The van der Waals surface area contributed by atoms with Crippen molar-refractivity contribution >= 4 is 36.4 Å². The van der Waals surface area contributed by atoms with Crippen molar-refractivity contribution in [1.82, 2.24) is 20.1 Å². The number of hydrogen-bond acceptors (Lipinski definition) is 4. The maximum atomic E-state index is 12.3. The summed E-state index contributed by atoms with van der Waals surface area (Å²) in [6.07, 6.45) is 4.57. The van der Waals surface area contributed by atoms with E-state index in [4.69, 9.17) is 0 Å². The molecule has 1 unspecified atom stereocenters. The van der Waals surface area contributed by atoms with Crippen LogP contribution in [0.25, 0.3) is 5.82 Å². The highest BCUT2D eigenvalue weighted by molar-refractivity contribution is 5.90. The van der Waals surface area contributed by atoms with E-state index >= 15 is 0 Å². The van der Waals surface area contributed by atoms with E-state index in [9.17, 15) is 4.79 Å². The van der Waals surface area contributed by atoms with Crippen LogP contribution in [0.2, 0.25) is 0 Å². The second-order valence-corrected chi connectivity index (χ2v) is 7.06. The zero-order valence-corrected chi connectivity index (χ0v) is 17.7. The zero-order chi connectivity index (χ0) is 17.8. The minimum Gasteiger partial charge on any atom is -0.325 e. The summed E-state index contributed by atoms with van der Waals surface area (Å²) in [6, 6.07) is 5.77. The van der Waals surface area contributed by atoms with E-state index in [2.05, 4.69) is 27.6 Å². The zero-order valence-electron chi connectivity index (χ0n) is 16.1. The third kappa shape index (κ3) is 6.19. The van der Waals surface area contributed by atoms with Crippen molar-refractivity contribution in [2.75, 3.05) is 18.4 Å². The van der Waals surface area contributed by atoms with Crippen LogP contribution in [0.1, 0.15) is 37.6 Å². The van der Waals surface area contributed by atoms with Gasteiger partial charge in [-0.3, -0.25) is 4.79 Å². The summed E-state index contributed by atoms with van der Waals surface area (Å²) >= 11 is 0. The molecular weight excluding hydrogens is 385 g/mol. The molecule has 1 saturated heterocycles. The van der Waals surface area contributed by atoms with Gasteiger partial charge in [-0.05, 0) is 69.8 Å². The lowest BCUT2D eigenvalue weighted by Crippen LogP contribution is -2.32. The fourth-order valence-corrected chi connectivity index (χ4v) is 3.53. The molecule has 1 fully saturated rings. The predicted octanol–water partition coefficient (Wildman–Crippen LogP) is 3.69. The Labute approximate surface area is 173 Å². The third-order valence-electron chi connectivity index (χ3n) is 4.95. The molecule has 0 radical (unpaired) electrons. The van der Waals surface area contributed by atoms with Crippen molar-refractivity contribution in [3.8, 4) is 5.82 Å². The highest BCUT2D eigenvalue weighted by atomic mass is 35.5. The second kappa shape index (κ2) is 10.6. The van der Waals surface area contributed by atoms with Gasteiger partial charge >= 0.3 is 0 Å². The molecule has 2 aromatic heterocycles. The molecule has 2 N–H and O–H groups in total. The lowest BCUT2D eigenvalue weighted by atomic mass is 9.84. The van der Waals surface area contributed by atoms with Gasteiger partial charge in [0, 0.05) is 12.1 Å². The van der Waals surface area contributed by atoms with Gasteiger partial charge in [-0.1, -0.05) is 6.92 Å². The number of carbonyl (C=O) groups is 1. The quantitative estimate of drug-likeness (QED) is 0.783. The van der Waals surface area contributed by atoms with Crippen LogP contribution in [0.15, 0.2) is 24.4 Å². The number of rotatable bonds is 5. The monoisotopic (exact) mass is 413 g/mol. The lowest BCUT2D eigenvalue weighted by molar-refractivity contribution is -0.117. The number of nitrogens with one attached hydrogen (secondary N) is 2. The average Bonchev–Trinajstić information content (AvgIpc) is 2.94. The first-order valence-corrected chi connectivity index (χ1v) is 9.03. The molecule has 150 valence electrons. The van der Waals surface area contributed by atoms with Crippen LogP contribution >= 0.6 is 24.8 Å². The first kappa shape index (κ1) is 23.4. The van der Waals surface area contributed by atoms with Crippen LogP contribution in [-0.4, -0.2) is 33.8 Å².